The predicted molar refractivity (Wildman–Crippen MR) is 50.4 cm³/mol. The summed E-state index contributed by atoms with van der Waals surface area (Å²) in [4.78, 5) is 32.6. The second kappa shape index (κ2) is 6.63. The molecular weight excluding hydrogens is 204 g/mol. The number of rotatable bonds is 4. The molecule has 7 nitrogen and oxygen atoms in total. The number of carbonyl (C=O) groups excluding carboxylic acids is 3. The first-order chi connectivity index (χ1) is 7.01. The van der Waals surface area contributed by atoms with Crippen LogP contribution in [0.25, 0.3) is 0 Å². The second-order valence-electron chi connectivity index (χ2n) is 2.67. The lowest BCUT2D eigenvalue weighted by molar-refractivity contribution is -0.118. The van der Waals surface area contributed by atoms with E-state index >= 15 is 0 Å². The maximum atomic E-state index is 11.0. The first-order valence-electron chi connectivity index (χ1n) is 4.18. The van der Waals surface area contributed by atoms with E-state index in [1.807, 2.05) is 0 Å². The summed E-state index contributed by atoms with van der Waals surface area (Å²) >= 11 is 0. The van der Waals surface area contributed by atoms with E-state index in [1.54, 1.807) is 0 Å². The number of Topliss-reactive ketones (excluding diaryl/α,β-unsaturated/α-hetero) is 1. The molecule has 0 rings (SSSR count). The van der Waals surface area contributed by atoms with Gasteiger partial charge >= 0.3 is 12.2 Å². The summed E-state index contributed by atoms with van der Waals surface area (Å²) in [6.07, 6.45) is -1.41. The van der Waals surface area contributed by atoms with Crippen molar-refractivity contribution in [2.45, 2.75) is 13.0 Å². The number of hydrogen-bond acceptors (Lipinski definition) is 5. The van der Waals surface area contributed by atoms with Gasteiger partial charge in [0.15, 0.2) is 5.78 Å². The van der Waals surface area contributed by atoms with Gasteiger partial charge in [0.25, 0.3) is 0 Å². The molecule has 0 aliphatic carbocycles. The fourth-order valence-corrected chi connectivity index (χ4v) is 0.755. The molecule has 0 radical (unpaired) electrons. The highest BCUT2D eigenvalue weighted by molar-refractivity contribution is 5.86. The zero-order valence-corrected chi connectivity index (χ0v) is 8.83. The van der Waals surface area contributed by atoms with Crippen molar-refractivity contribution in [1.29, 1.82) is 0 Å². The maximum absolute atomic E-state index is 11.0. The normalized spacial score (nSPS) is 11.1. The van der Waals surface area contributed by atoms with Gasteiger partial charge in [-0.15, -0.1) is 0 Å². The number of amides is 2. The largest absolute Gasteiger partial charge is 0.453 e. The Hall–Kier alpha value is -1.79. The monoisotopic (exact) mass is 218 g/mol. The van der Waals surface area contributed by atoms with Crippen molar-refractivity contribution in [2.75, 3.05) is 20.8 Å². The minimum atomic E-state index is -0.823. The van der Waals surface area contributed by atoms with Crippen LogP contribution in [0.3, 0.4) is 0 Å². The Balaban J connectivity index is 4.11. The average Bonchev–Trinajstić information content (AvgIpc) is 2.22. The molecule has 1 unspecified atom stereocenters. The summed E-state index contributed by atoms with van der Waals surface area (Å²) in [6, 6.07) is -0.823. The molecule has 0 aromatic rings. The predicted octanol–water partition coefficient (Wildman–Crippen LogP) is -0.344. The lowest BCUT2D eigenvalue weighted by Crippen LogP contribution is -2.47. The zero-order valence-electron chi connectivity index (χ0n) is 8.83. The van der Waals surface area contributed by atoms with Crippen molar-refractivity contribution in [3.63, 3.8) is 0 Å². The summed E-state index contributed by atoms with van der Waals surface area (Å²) in [5.41, 5.74) is 0. The van der Waals surface area contributed by atoms with Gasteiger partial charge in [-0.1, -0.05) is 0 Å². The smallest absolute Gasteiger partial charge is 0.407 e. The van der Waals surface area contributed by atoms with E-state index in [4.69, 9.17) is 0 Å². The van der Waals surface area contributed by atoms with Crippen LogP contribution in [0.1, 0.15) is 6.92 Å². The molecule has 0 bridgehead atoms. The summed E-state index contributed by atoms with van der Waals surface area (Å²) in [7, 11) is 2.38. The van der Waals surface area contributed by atoms with Crippen LogP contribution >= 0.6 is 0 Å². The van der Waals surface area contributed by atoms with E-state index in [0.29, 0.717) is 0 Å². The lowest BCUT2D eigenvalue weighted by atomic mass is 10.2. The molecular formula is C8H14N2O5. The molecule has 86 valence electrons. The van der Waals surface area contributed by atoms with Crippen LogP contribution in [0.2, 0.25) is 0 Å². The van der Waals surface area contributed by atoms with Crippen LogP contribution < -0.4 is 10.6 Å². The SMILES string of the molecule is COC(=O)NCC(NC(=O)OC)C(C)=O. The third kappa shape index (κ3) is 5.50. The van der Waals surface area contributed by atoms with E-state index in [2.05, 4.69) is 20.1 Å². The fourth-order valence-electron chi connectivity index (χ4n) is 0.755. The Morgan fingerprint density at radius 2 is 1.67 bits per heavy atom. The summed E-state index contributed by atoms with van der Waals surface area (Å²) in [5, 5.41) is 4.56. The summed E-state index contributed by atoms with van der Waals surface area (Å²) < 4.78 is 8.62. The molecule has 7 heteroatoms. The van der Waals surface area contributed by atoms with E-state index < -0.39 is 18.2 Å². The molecule has 0 saturated heterocycles. The second-order valence-corrected chi connectivity index (χ2v) is 2.67. The van der Waals surface area contributed by atoms with Crippen LogP contribution in [0.5, 0.6) is 0 Å². The van der Waals surface area contributed by atoms with Crippen LogP contribution in [-0.4, -0.2) is 44.8 Å². The van der Waals surface area contributed by atoms with Gasteiger partial charge in [0, 0.05) is 6.54 Å². The number of alkyl carbamates (subject to hydrolysis) is 2. The van der Waals surface area contributed by atoms with Crippen molar-refractivity contribution in [3.8, 4) is 0 Å². The molecule has 0 heterocycles. The molecule has 2 amide bonds. The highest BCUT2D eigenvalue weighted by Gasteiger charge is 2.17. The molecule has 0 aromatic heterocycles. The molecule has 0 aliphatic rings. The van der Waals surface area contributed by atoms with Gasteiger partial charge in [0.05, 0.1) is 14.2 Å². The average molecular weight is 218 g/mol. The molecule has 0 aliphatic heterocycles. The van der Waals surface area contributed by atoms with Crippen LogP contribution in [0.15, 0.2) is 0 Å². The van der Waals surface area contributed by atoms with Gasteiger partial charge in [0.1, 0.15) is 6.04 Å². The highest BCUT2D eigenvalue weighted by Crippen LogP contribution is 1.87. The van der Waals surface area contributed by atoms with E-state index in [0.717, 1.165) is 0 Å². The van der Waals surface area contributed by atoms with Crippen molar-refractivity contribution >= 4 is 18.0 Å². The topological polar surface area (TPSA) is 93.7 Å². The number of nitrogens with one attached hydrogen (secondary N) is 2. The first kappa shape index (κ1) is 13.2. The van der Waals surface area contributed by atoms with Gasteiger partial charge in [-0.2, -0.15) is 0 Å². The lowest BCUT2D eigenvalue weighted by Gasteiger charge is -2.14. The summed E-state index contributed by atoms with van der Waals surface area (Å²) in [6.45, 7) is 1.25. The van der Waals surface area contributed by atoms with Crippen molar-refractivity contribution in [1.82, 2.24) is 10.6 Å². The number of hydrogen-bond donors (Lipinski definition) is 2. The van der Waals surface area contributed by atoms with Crippen molar-refractivity contribution < 1.29 is 23.9 Å². The van der Waals surface area contributed by atoms with E-state index in [1.165, 1.54) is 21.1 Å². The Morgan fingerprint density at radius 3 is 2.07 bits per heavy atom. The minimum Gasteiger partial charge on any atom is -0.453 e. The van der Waals surface area contributed by atoms with E-state index in [-0.39, 0.29) is 12.3 Å². The fraction of sp³-hybridized carbons (Fsp3) is 0.625. The van der Waals surface area contributed by atoms with Gasteiger partial charge < -0.3 is 20.1 Å². The Morgan fingerprint density at radius 1 is 1.13 bits per heavy atom. The van der Waals surface area contributed by atoms with Crippen molar-refractivity contribution in [2.24, 2.45) is 0 Å². The number of carbonyl (C=O) groups is 3. The van der Waals surface area contributed by atoms with Gasteiger partial charge in [-0.25, -0.2) is 9.59 Å². The molecule has 1 atom stereocenters. The first-order valence-corrected chi connectivity index (χ1v) is 4.18. The summed E-state index contributed by atoms with van der Waals surface area (Å²) in [5.74, 6) is -0.295. The zero-order chi connectivity index (χ0) is 11.8. The van der Waals surface area contributed by atoms with Crippen LogP contribution in [0.4, 0.5) is 9.59 Å². The number of ether oxygens (including phenoxy) is 2. The van der Waals surface area contributed by atoms with Gasteiger partial charge in [-0.05, 0) is 6.92 Å². The maximum Gasteiger partial charge on any atom is 0.407 e. The number of ketones is 1. The standard InChI is InChI=1S/C8H14N2O5/c1-5(11)6(10-8(13)15-3)4-9-7(12)14-2/h6H,4H2,1-3H3,(H,9,12)(H,10,13). The Kier molecular flexibility index (Phi) is 5.84. The quantitative estimate of drug-likeness (QED) is 0.673. The van der Waals surface area contributed by atoms with Crippen molar-refractivity contribution in [3.05, 3.63) is 0 Å². The van der Waals surface area contributed by atoms with Crippen LogP contribution in [0, 0.1) is 0 Å². The molecule has 2 N–H and O–H groups in total. The van der Waals surface area contributed by atoms with Gasteiger partial charge in [-0.3, -0.25) is 4.79 Å². The molecule has 0 saturated carbocycles. The molecule has 0 fully saturated rings. The molecule has 0 spiro atoms. The molecule has 0 aromatic carbocycles. The third-order valence-corrected chi connectivity index (χ3v) is 1.60. The Labute approximate surface area is 87.1 Å². The third-order valence-electron chi connectivity index (χ3n) is 1.60. The highest BCUT2D eigenvalue weighted by atomic mass is 16.5. The van der Waals surface area contributed by atoms with E-state index in [9.17, 15) is 14.4 Å². The Bertz CT molecular complexity index is 253. The number of methoxy groups -OCH3 is 2. The molecule has 15 heavy (non-hydrogen) atoms. The van der Waals surface area contributed by atoms with Gasteiger partial charge in [0.2, 0.25) is 0 Å². The van der Waals surface area contributed by atoms with Crippen LogP contribution in [-0.2, 0) is 14.3 Å². The minimum absolute atomic E-state index is 0.0445.